The lowest BCUT2D eigenvalue weighted by atomic mass is 9.99. The fourth-order valence-corrected chi connectivity index (χ4v) is 1.72. The van der Waals surface area contributed by atoms with Gasteiger partial charge in [-0.05, 0) is 56.5 Å². The molecule has 0 radical (unpaired) electrons. The molecule has 0 aliphatic carbocycles. The molecule has 0 amide bonds. The predicted octanol–water partition coefficient (Wildman–Crippen LogP) is 2.72. The number of aliphatic carboxylic acids is 1. The Morgan fingerprint density at radius 1 is 1.31 bits per heavy atom. The first-order valence-electron chi connectivity index (χ1n) is 5.38. The molecule has 1 aromatic carbocycles. The summed E-state index contributed by atoms with van der Waals surface area (Å²) in [5, 5.41) is 8.80. The number of hydrogen-bond donors (Lipinski definition) is 1. The first-order valence-corrected chi connectivity index (χ1v) is 5.38. The Morgan fingerprint density at radius 2 is 1.81 bits per heavy atom. The third-order valence-electron chi connectivity index (χ3n) is 2.37. The standard InChI is InChI=1S/C13H18O3/c1-8(2)16-11-5-9(3)12(7-13(14)15)10(4)6-11/h5-6,8H,7H2,1-4H3,(H,14,15). The van der Waals surface area contributed by atoms with Gasteiger partial charge >= 0.3 is 5.97 Å². The molecule has 0 aromatic heterocycles. The molecule has 1 N–H and O–H groups in total. The Morgan fingerprint density at radius 3 is 2.19 bits per heavy atom. The van der Waals surface area contributed by atoms with Crippen molar-refractivity contribution in [3.05, 3.63) is 28.8 Å². The molecular weight excluding hydrogens is 204 g/mol. The predicted molar refractivity (Wildman–Crippen MR) is 63.0 cm³/mol. The maximum Gasteiger partial charge on any atom is 0.307 e. The molecule has 0 atom stereocenters. The van der Waals surface area contributed by atoms with E-state index in [9.17, 15) is 4.79 Å². The highest BCUT2D eigenvalue weighted by Gasteiger charge is 2.10. The fourth-order valence-electron chi connectivity index (χ4n) is 1.72. The summed E-state index contributed by atoms with van der Waals surface area (Å²) in [6.07, 6.45) is 0.198. The minimum Gasteiger partial charge on any atom is -0.491 e. The number of ether oxygens (including phenoxy) is 1. The molecule has 16 heavy (non-hydrogen) atoms. The van der Waals surface area contributed by atoms with Gasteiger partial charge in [-0.15, -0.1) is 0 Å². The van der Waals surface area contributed by atoms with Gasteiger partial charge in [0, 0.05) is 0 Å². The second-order valence-corrected chi connectivity index (χ2v) is 4.27. The SMILES string of the molecule is Cc1cc(OC(C)C)cc(C)c1CC(=O)O. The van der Waals surface area contributed by atoms with E-state index in [1.54, 1.807) is 0 Å². The quantitative estimate of drug-likeness (QED) is 0.852. The number of benzene rings is 1. The van der Waals surface area contributed by atoms with Crippen LogP contribution in [0.3, 0.4) is 0 Å². The van der Waals surface area contributed by atoms with E-state index < -0.39 is 5.97 Å². The van der Waals surface area contributed by atoms with Crippen molar-refractivity contribution >= 4 is 5.97 Å². The van der Waals surface area contributed by atoms with Gasteiger partial charge in [0.25, 0.3) is 0 Å². The maximum absolute atomic E-state index is 10.7. The average molecular weight is 222 g/mol. The van der Waals surface area contributed by atoms with Crippen LogP contribution in [-0.2, 0) is 11.2 Å². The Hall–Kier alpha value is -1.51. The highest BCUT2D eigenvalue weighted by atomic mass is 16.5. The molecule has 0 bridgehead atoms. The fraction of sp³-hybridized carbons (Fsp3) is 0.462. The molecule has 0 saturated heterocycles. The van der Waals surface area contributed by atoms with E-state index in [1.807, 2.05) is 39.8 Å². The summed E-state index contributed by atoms with van der Waals surface area (Å²) in [7, 11) is 0. The Balaban J connectivity index is 3.02. The highest BCUT2D eigenvalue weighted by molar-refractivity contribution is 5.71. The van der Waals surface area contributed by atoms with Crippen LogP contribution in [0.2, 0.25) is 0 Å². The molecule has 0 spiro atoms. The van der Waals surface area contributed by atoms with Crippen LogP contribution in [0.15, 0.2) is 12.1 Å². The zero-order valence-electron chi connectivity index (χ0n) is 10.2. The van der Waals surface area contributed by atoms with E-state index in [-0.39, 0.29) is 12.5 Å². The van der Waals surface area contributed by atoms with Crippen LogP contribution in [0, 0.1) is 13.8 Å². The van der Waals surface area contributed by atoms with E-state index in [1.165, 1.54) is 0 Å². The molecule has 3 heteroatoms. The molecule has 0 aliphatic heterocycles. The van der Waals surface area contributed by atoms with E-state index in [4.69, 9.17) is 9.84 Å². The van der Waals surface area contributed by atoms with Gasteiger partial charge in [-0.1, -0.05) is 0 Å². The molecule has 0 saturated carbocycles. The van der Waals surface area contributed by atoms with E-state index >= 15 is 0 Å². The van der Waals surface area contributed by atoms with Gasteiger partial charge in [0.05, 0.1) is 12.5 Å². The number of carbonyl (C=O) groups is 1. The molecule has 0 unspecified atom stereocenters. The summed E-state index contributed by atoms with van der Waals surface area (Å²) in [5.41, 5.74) is 2.82. The Kier molecular flexibility index (Phi) is 3.93. The monoisotopic (exact) mass is 222 g/mol. The van der Waals surface area contributed by atoms with Crippen molar-refractivity contribution in [2.24, 2.45) is 0 Å². The molecule has 3 nitrogen and oxygen atoms in total. The number of carboxylic acid groups (broad SMARTS) is 1. The van der Waals surface area contributed by atoms with Gasteiger partial charge < -0.3 is 9.84 Å². The number of carboxylic acids is 1. The summed E-state index contributed by atoms with van der Waals surface area (Å²) in [6, 6.07) is 3.79. The molecular formula is C13H18O3. The van der Waals surface area contributed by atoms with Crippen LogP contribution in [0.5, 0.6) is 5.75 Å². The van der Waals surface area contributed by atoms with Gasteiger partial charge in [-0.25, -0.2) is 0 Å². The van der Waals surface area contributed by atoms with Crippen LogP contribution in [-0.4, -0.2) is 17.2 Å². The normalized spacial score (nSPS) is 10.6. The minimum absolute atomic E-state index is 0.0691. The first-order chi connectivity index (χ1) is 7.40. The van der Waals surface area contributed by atoms with Gasteiger partial charge in [-0.3, -0.25) is 4.79 Å². The van der Waals surface area contributed by atoms with Crippen LogP contribution in [0.1, 0.15) is 30.5 Å². The lowest BCUT2D eigenvalue weighted by molar-refractivity contribution is -0.136. The average Bonchev–Trinajstić information content (AvgIpc) is 2.10. The smallest absolute Gasteiger partial charge is 0.307 e. The van der Waals surface area contributed by atoms with E-state index in [0.717, 1.165) is 22.4 Å². The van der Waals surface area contributed by atoms with Crippen molar-refractivity contribution in [2.45, 2.75) is 40.2 Å². The number of hydrogen-bond acceptors (Lipinski definition) is 2. The van der Waals surface area contributed by atoms with E-state index in [2.05, 4.69) is 0 Å². The van der Waals surface area contributed by atoms with Crippen molar-refractivity contribution in [1.29, 1.82) is 0 Å². The van der Waals surface area contributed by atoms with Crippen molar-refractivity contribution in [2.75, 3.05) is 0 Å². The second-order valence-electron chi connectivity index (χ2n) is 4.27. The molecule has 0 heterocycles. The highest BCUT2D eigenvalue weighted by Crippen LogP contribution is 2.23. The Bertz CT molecular complexity index is 371. The summed E-state index contributed by atoms with van der Waals surface area (Å²) < 4.78 is 5.59. The second kappa shape index (κ2) is 5.01. The summed E-state index contributed by atoms with van der Waals surface area (Å²) >= 11 is 0. The molecule has 0 fully saturated rings. The molecule has 0 aliphatic rings. The van der Waals surface area contributed by atoms with Crippen LogP contribution in [0.4, 0.5) is 0 Å². The van der Waals surface area contributed by atoms with Gasteiger partial charge in [0.15, 0.2) is 0 Å². The van der Waals surface area contributed by atoms with Crippen LogP contribution < -0.4 is 4.74 Å². The topological polar surface area (TPSA) is 46.5 Å². The zero-order chi connectivity index (χ0) is 12.3. The van der Waals surface area contributed by atoms with Gasteiger partial charge in [-0.2, -0.15) is 0 Å². The lowest BCUT2D eigenvalue weighted by Gasteiger charge is -2.14. The largest absolute Gasteiger partial charge is 0.491 e. The zero-order valence-corrected chi connectivity index (χ0v) is 10.2. The lowest BCUT2D eigenvalue weighted by Crippen LogP contribution is -2.08. The van der Waals surface area contributed by atoms with Crippen molar-refractivity contribution in [3.8, 4) is 5.75 Å². The van der Waals surface area contributed by atoms with Crippen molar-refractivity contribution < 1.29 is 14.6 Å². The van der Waals surface area contributed by atoms with Crippen molar-refractivity contribution in [3.63, 3.8) is 0 Å². The molecule has 1 rings (SSSR count). The Labute approximate surface area is 96.1 Å². The van der Waals surface area contributed by atoms with E-state index in [0.29, 0.717) is 0 Å². The van der Waals surface area contributed by atoms with Gasteiger partial charge in [0.1, 0.15) is 5.75 Å². The minimum atomic E-state index is -0.802. The summed E-state index contributed by atoms with van der Waals surface area (Å²) in [5.74, 6) is 0.00265. The summed E-state index contributed by atoms with van der Waals surface area (Å²) in [4.78, 5) is 10.7. The molecule has 1 aromatic rings. The van der Waals surface area contributed by atoms with Crippen LogP contribution in [0.25, 0.3) is 0 Å². The third-order valence-corrected chi connectivity index (χ3v) is 2.37. The number of aryl methyl sites for hydroxylation is 2. The molecule has 88 valence electrons. The third kappa shape index (κ3) is 3.26. The van der Waals surface area contributed by atoms with Gasteiger partial charge in [0.2, 0.25) is 0 Å². The maximum atomic E-state index is 10.7. The summed E-state index contributed by atoms with van der Waals surface area (Å²) in [6.45, 7) is 7.77. The first kappa shape index (κ1) is 12.6. The van der Waals surface area contributed by atoms with Crippen LogP contribution >= 0.6 is 0 Å². The number of rotatable bonds is 4. The van der Waals surface area contributed by atoms with Crippen molar-refractivity contribution in [1.82, 2.24) is 0 Å².